The lowest BCUT2D eigenvalue weighted by Crippen LogP contribution is -2.28. The number of rotatable bonds is 6. The Kier molecular flexibility index (Phi) is 5.32. The first-order valence-electron chi connectivity index (χ1n) is 8.33. The molecule has 3 heterocycles. The minimum atomic E-state index is -0.449. The van der Waals surface area contributed by atoms with Gasteiger partial charge < -0.3 is 14.5 Å². The summed E-state index contributed by atoms with van der Waals surface area (Å²) in [6.07, 6.45) is 3.83. The fourth-order valence-corrected chi connectivity index (χ4v) is 3.43. The van der Waals surface area contributed by atoms with Crippen molar-refractivity contribution < 1.29 is 14.3 Å². The van der Waals surface area contributed by atoms with Gasteiger partial charge in [0.2, 0.25) is 5.91 Å². The molecule has 3 rings (SSSR count). The zero-order valence-corrected chi connectivity index (χ0v) is 15.7. The predicted octanol–water partition coefficient (Wildman–Crippen LogP) is 2.70. The number of fused-ring (bicyclic) bond motifs is 1. The molecule has 0 spiro atoms. The largest absolute Gasteiger partial charge is 0.461 e. The van der Waals surface area contributed by atoms with Crippen molar-refractivity contribution in [3.63, 3.8) is 0 Å². The normalized spacial score (nSPS) is 12.1. The van der Waals surface area contributed by atoms with Crippen LogP contribution in [0.5, 0.6) is 0 Å². The molecule has 0 aliphatic heterocycles. The average Bonchev–Trinajstić information content (AvgIpc) is 3.24. The van der Waals surface area contributed by atoms with Crippen molar-refractivity contribution in [3.8, 4) is 0 Å². The second kappa shape index (κ2) is 7.65. The molecule has 26 heavy (non-hydrogen) atoms. The van der Waals surface area contributed by atoms with Crippen molar-refractivity contribution in [2.75, 3.05) is 6.61 Å². The average molecular weight is 372 g/mol. The van der Waals surface area contributed by atoms with Crippen molar-refractivity contribution in [3.05, 3.63) is 51.9 Å². The molecule has 136 valence electrons. The second-order valence-corrected chi connectivity index (χ2v) is 6.78. The van der Waals surface area contributed by atoms with E-state index in [0.717, 1.165) is 16.9 Å². The lowest BCUT2D eigenvalue weighted by molar-refractivity contribution is -0.121. The van der Waals surface area contributed by atoms with Crippen molar-refractivity contribution in [2.24, 2.45) is 0 Å². The quantitative estimate of drug-likeness (QED) is 0.673. The Morgan fingerprint density at radius 3 is 3.00 bits per heavy atom. The number of hydrogen-bond donors (Lipinski definition) is 1. The Balaban J connectivity index is 1.66. The van der Waals surface area contributed by atoms with Crippen LogP contribution in [-0.4, -0.2) is 32.9 Å². The lowest BCUT2D eigenvalue weighted by atomic mass is 10.2. The van der Waals surface area contributed by atoms with Gasteiger partial charge in [0.25, 0.3) is 0 Å². The van der Waals surface area contributed by atoms with E-state index in [0.29, 0.717) is 11.6 Å². The highest BCUT2D eigenvalue weighted by Crippen LogP contribution is 2.19. The molecule has 0 radical (unpaired) electrons. The number of hydrogen-bond acceptors (Lipinski definition) is 6. The summed E-state index contributed by atoms with van der Waals surface area (Å²) >= 11 is 1.32. The zero-order chi connectivity index (χ0) is 18.7. The molecule has 0 aliphatic rings. The first-order valence-corrected chi connectivity index (χ1v) is 9.21. The number of pyridine rings is 1. The van der Waals surface area contributed by atoms with E-state index in [1.54, 1.807) is 18.5 Å². The van der Waals surface area contributed by atoms with Gasteiger partial charge in [0, 0.05) is 17.8 Å². The van der Waals surface area contributed by atoms with E-state index in [2.05, 4.69) is 15.3 Å². The number of amides is 1. The molecule has 0 saturated heterocycles. The number of carbonyl (C=O) groups is 2. The van der Waals surface area contributed by atoms with Gasteiger partial charge in [-0.15, -0.1) is 11.3 Å². The molecule has 3 aromatic rings. The van der Waals surface area contributed by atoms with Gasteiger partial charge in [-0.1, -0.05) is 6.07 Å². The molecular weight excluding hydrogens is 352 g/mol. The molecule has 1 atom stereocenters. The van der Waals surface area contributed by atoms with Crippen LogP contribution in [0.15, 0.2) is 29.9 Å². The summed E-state index contributed by atoms with van der Waals surface area (Å²) in [5.74, 6) is -0.580. The van der Waals surface area contributed by atoms with Gasteiger partial charge in [-0.3, -0.25) is 4.79 Å². The molecule has 8 heteroatoms. The second-order valence-electron chi connectivity index (χ2n) is 5.89. The Morgan fingerprint density at radius 1 is 1.42 bits per heavy atom. The van der Waals surface area contributed by atoms with Crippen molar-refractivity contribution in [2.45, 2.75) is 33.2 Å². The number of nitrogens with zero attached hydrogens (tertiary/aromatic N) is 3. The maximum absolute atomic E-state index is 12.4. The van der Waals surface area contributed by atoms with E-state index < -0.39 is 5.97 Å². The third-order valence-electron chi connectivity index (χ3n) is 3.90. The third kappa shape index (κ3) is 3.75. The van der Waals surface area contributed by atoms with Crippen molar-refractivity contribution in [1.82, 2.24) is 19.7 Å². The molecule has 7 nitrogen and oxygen atoms in total. The highest BCUT2D eigenvalue weighted by Gasteiger charge is 2.18. The van der Waals surface area contributed by atoms with Crippen LogP contribution in [0.1, 0.15) is 46.6 Å². The Morgan fingerprint density at radius 2 is 2.23 bits per heavy atom. The summed E-state index contributed by atoms with van der Waals surface area (Å²) in [5, 5.41) is 5.22. The molecule has 1 N–H and O–H groups in total. The third-order valence-corrected chi connectivity index (χ3v) is 4.93. The first-order chi connectivity index (χ1) is 12.5. The van der Waals surface area contributed by atoms with E-state index in [-0.39, 0.29) is 24.1 Å². The van der Waals surface area contributed by atoms with Gasteiger partial charge in [0.1, 0.15) is 10.7 Å². The van der Waals surface area contributed by atoms with Crippen LogP contribution in [0.4, 0.5) is 0 Å². The minimum Gasteiger partial charge on any atom is -0.461 e. The van der Waals surface area contributed by atoms with Crippen LogP contribution in [0.3, 0.4) is 0 Å². The van der Waals surface area contributed by atoms with Crippen LogP contribution in [0.25, 0.3) is 5.65 Å². The van der Waals surface area contributed by atoms with E-state index in [1.807, 2.05) is 36.6 Å². The summed E-state index contributed by atoms with van der Waals surface area (Å²) in [5.41, 5.74) is 2.99. The molecule has 3 aromatic heterocycles. The number of ether oxygens (including phenoxy) is 1. The number of aromatic nitrogens is 3. The lowest BCUT2D eigenvalue weighted by Gasteiger charge is -2.11. The van der Waals surface area contributed by atoms with E-state index in [4.69, 9.17) is 4.74 Å². The topological polar surface area (TPSA) is 85.6 Å². The number of nitrogens with one attached hydrogen (secondary N) is 1. The van der Waals surface area contributed by atoms with Crippen LogP contribution >= 0.6 is 11.3 Å². The molecule has 0 bridgehead atoms. The molecule has 0 saturated carbocycles. The molecule has 0 aromatic carbocycles. The van der Waals surface area contributed by atoms with Crippen LogP contribution in [-0.2, 0) is 16.0 Å². The number of imidazole rings is 1. The number of carbonyl (C=O) groups excluding carboxylic acids is 2. The number of aryl methyl sites for hydroxylation is 1. The summed E-state index contributed by atoms with van der Waals surface area (Å²) in [7, 11) is 0. The fourth-order valence-electron chi connectivity index (χ4n) is 2.64. The van der Waals surface area contributed by atoms with Gasteiger partial charge in [-0.25, -0.2) is 14.8 Å². The predicted molar refractivity (Wildman–Crippen MR) is 98.3 cm³/mol. The Labute approximate surface area is 155 Å². The summed E-state index contributed by atoms with van der Waals surface area (Å²) in [6.45, 7) is 5.87. The van der Waals surface area contributed by atoms with Gasteiger partial charge >= 0.3 is 5.97 Å². The van der Waals surface area contributed by atoms with Gasteiger partial charge in [-0.2, -0.15) is 0 Å². The number of esters is 1. The van der Waals surface area contributed by atoms with Gasteiger partial charge in [-0.05, 0) is 32.4 Å². The van der Waals surface area contributed by atoms with Gasteiger partial charge in [0.05, 0.1) is 24.8 Å². The van der Waals surface area contributed by atoms with E-state index in [9.17, 15) is 9.59 Å². The standard InChI is InChI=1S/C18H20N4O3S/c1-4-25-18(24)14-10-26-17(21-14)12(3)20-15(23)8-13-9-19-16-11(2)6-5-7-22(13)16/h5-7,9-10,12H,4,8H2,1-3H3,(H,20,23). The smallest absolute Gasteiger partial charge is 0.357 e. The molecule has 0 fully saturated rings. The maximum Gasteiger partial charge on any atom is 0.357 e. The van der Waals surface area contributed by atoms with E-state index in [1.165, 1.54) is 11.3 Å². The molecule has 1 amide bonds. The monoisotopic (exact) mass is 372 g/mol. The fraction of sp³-hybridized carbons (Fsp3) is 0.333. The summed E-state index contributed by atoms with van der Waals surface area (Å²) in [6, 6.07) is 3.62. The minimum absolute atomic E-state index is 0.131. The molecule has 0 aliphatic carbocycles. The molecule has 1 unspecified atom stereocenters. The highest BCUT2D eigenvalue weighted by atomic mass is 32.1. The zero-order valence-electron chi connectivity index (χ0n) is 14.9. The van der Waals surface area contributed by atoms with Crippen LogP contribution < -0.4 is 5.32 Å². The van der Waals surface area contributed by atoms with Crippen molar-refractivity contribution >= 4 is 28.9 Å². The number of thiazole rings is 1. The Hall–Kier alpha value is -2.74. The van der Waals surface area contributed by atoms with Crippen molar-refractivity contribution in [1.29, 1.82) is 0 Å². The van der Waals surface area contributed by atoms with Gasteiger partial charge in [0.15, 0.2) is 5.69 Å². The summed E-state index contributed by atoms with van der Waals surface area (Å²) in [4.78, 5) is 32.7. The molecular formula is C18H20N4O3S. The maximum atomic E-state index is 12.4. The summed E-state index contributed by atoms with van der Waals surface area (Å²) < 4.78 is 6.85. The van der Waals surface area contributed by atoms with E-state index >= 15 is 0 Å². The SMILES string of the molecule is CCOC(=O)c1csc(C(C)NC(=O)Cc2cnc3c(C)cccn23)n1. The van der Waals surface area contributed by atoms with Crippen LogP contribution in [0.2, 0.25) is 0 Å². The van der Waals surface area contributed by atoms with Crippen LogP contribution in [0, 0.1) is 6.92 Å². The highest BCUT2D eigenvalue weighted by molar-refractivity contribution is 7.09. The Bertz CT molecular complexity index is 947. The first kappa shape index (κ1) is 18.1.